The largest absolute Gasteiger partial charge is 0.348 e. The number of pyridine rings is 1. The summed E-state index contributed by atoms with van der Waals surface area (Å²) in [4.78, 5) is 25.6. The molecule has 1 N–H and O–H groups in total. The summed E-state index contributed by atoms with van der Waals surface area (Å²) in [5.41, 5.74) is 1.84. The predicted octanol–water partition coefficient (Wildman–Crippen LogP) is 1.71. The van der Waals surface area contributed by atoms with E-state index in [1.807, 2.05) is 23.1 Å². The van der Waals surface area contributed by atoms with E-state index >= 15 is 0 Å². The van der Waals surface area contributed by atoms with Crippen LogP contribution >= 0.6 is 0 Å². The number of H-pyrrole nitrogens is 1. The van der Waals surface area contributed by atoms with Crippen molar-refractivity contribution in [3.63, 3.8) is 0 Å². The van der Waals surface area contributed by atoms with Crippen LogP contribution in [0.5, 0.6) is 0 Å². The molecular weight excluding hydrogens is 240 g/mol. The van der Waals surface area contributed by atoms with E-state index in [4.69, 9.17) is 0 Å². The van der Waals surface area contributed by atoms with Crippen LogP contribution in [0.4, 0.5) is 0 Å². The highest BCUT2D eigenvalue weighted by Gasteiger charge is 2.30. The average Bonchev–Trinajstić information content (AvgIpc) is 3.10. The van der Waals surface area contributed by atoms with Gasteiger partial charge in [0.2, 0.25) is 5.91 Å². The van der Waals surface area contributed by atoms with Gasteiger partial charge in [-0.1, -0.05) is 6.07 Å². The number of likely N-dealkylation sites (tertiary alicyclic amines) is 1. The zero-order valence-electron chi connectivity index (χ0n) is 10.6. The first-order chi connectivity index (χ1) is 9.34. The lowest BCUT2D eigenvalue weighted by Crippen LogP contribution is -2.32. The van der Waals surface area contributed by atoms with E-state index in [1.54, 1.807) is 18.7 Å². The van der Waals surface area contributed by atoms with Crippen LogP contribution in [0.25, 0.3) is 0 Å². The fourth-order valence-electron chi connectivity index (χ4n) is 2.59. The summed E-state index contributed by atoms with van der Waals surface area (Å²) in [7, 11) is 0. The van der Waals surface area contributed by atoms with Gasteiger partial charge < -0.3 is 9.88 Å². The quantitative estimate of drug-likeness (QED) is 0.909. The highest BCUT2D eigenvalue weighted by atomic mass is 16.2. The van der Waals surface area contributed by atoms with Crippen molar-refractivity contribution < 1.29 is 4.79 Å². The zero-order valence-corrected chi connectivity index (χ0v) is 10.6. The summed E-state index contributed by atoms with van der Waals surface area (Å²) in [6, 6.07) is 5.98. The molecule has 3 heterocycles. The molecule has 0 aromatic carbocycles. The molecule has 2 aromatic rings. The smallest absolute Gasteiger partial charge is 0.229 e. The van der Waals surface area contributed by atoms with E-state index < -0.39 is 0 Å². The van der Waals surface area contributed by atoms with Crippen LogP contribution in [0.1, 0.15) is 30.3 Å². The molecule has 98 valence electrons. The summed E-state index contributed by atoms with van der Waals surface area (Å²) in [6.07, 6.45) is 7.49. The van der Waals surface area contributed by atoms with Crippen LogP contribution in [0.3, 0.4) is 0 Å². The van der Waals surface area contributed by atoms with Crippen LogP contribution in [0.2, 0.25) is 0 Å². The number of hydrogen-bond donors (Lipinski definition) is 1. The van der Waals surface area contributed by atoms with Gasteiger partial charge in [0.05, 0.1) is 24.5 Å². The first-order valence-corrected chi connectivity index (χ1v) is 6.52. The van der Waals surface area contributed by atoms with Gasteiger partial charge in [-0.05, 0) is 25.0 Å². The third-order valence-electron chi connectivity index (χ3n) is 3.50. The third-order valence-corrected chi connectivity index (χ3v) is 3.50. The molecule has 0 saturated carbocycles. The van der Waals surface area contributed by atoms with Gasteiger partial charge in [-0.3, -0.25) is 9.78 Å². The van der Waals surface area contributed by atoms with Crippen molar-refractivity contribution in [3.8, 4) is 0 Å². The number of amides is 1. The van der Waals surface area contributed by atoms with Crippen LogP contribution in [0.15, 0.2) is 36.9 Å². The van der Waals surface area contributed by atoms with Crippen LogP contribution in [-0.4, -0.2) is 32.3 Å². The normalized spacial score (nSPS) is 18.7. The van der Waals surface area contributed by atoms with Crippen molar-refractivity contribution in [2.24, 2.45) is 0 Å². The van der Waals surface area contributed by atoms with Gasteiger partial charge in [-0.2, -0.15) is 0 Å². The van der Waals surface area contributed by atoms with Crippen molar-refractivity contribution in [3.05, 3.63) is 48.3 Å². The van der Waals surface area contributed by atoms with E-state index in [9.17, 15) is 4.79 Å². The van der Waals surface area contributed by atoms with Gasteiger partial charge in [0.1, 0.15) is 0 Å². The molecule has 1 aliphatic heterocycles. The van der Waals surface area contributed by atoms with E-state index in [0.717, 1.165) is 30.8 Å². The Morgan fingerprint density at radius 2 is 2.42 bits per heavy atom. The van der Waals surface area contributed by atoms with E-state index in [0.29, 0.717) is 6.42 Å². The first kappa shape index (κ1) is 11.9. The third kappa shape index (κ3) is 2.50. The zero-order chi connectivity index (χ0) is 13.1. The molecule has 1 amide bonds. The van der Waals surface area contributed by atoms with E-state index in [-0.39, 0.29) is 11.9 Å². The Bertz CT molecular complexity index is 538. The van der Waals surface area contributed by atoms with Gasteiger partial charge in [0.15, 0.2) is 0 Å². The maximum Gasteiger partial charge on any atom is 0.229 e. The standard InChI is InChI=1S/C14H16N4O/c19-14(8-11-9-15-10-17-11)18-7-3-5-13(18)12-4-1-2-6-16-12/h1-2,4,6,9-10,13H,3,5,7-8H2,(H,15,17). The Balaban J connectivity index is 1.74. The average molecular weight is 256 g/mol. The van der Waals surface area contributed by atoms with E-state index in [2.05, 4.69) is 15.0 Å². The number of carbonyl (C=O) groups is 1. The molecule has 0 aliphatic carbocycles. The second-order valence-electron chi connectivity index (χ2n) is 4.75. The minimum atomic E-state index is 0.122. The fourth-order valence-corrected chi connectivity index (χ4v) is 2.59. The van der Waals surface area contributed by atoms with Gasteiger partial charge in [-0.25, -0.2) is 4.98 Å². The minimum Gasteiger partial charge on any atom is -0.348 e. The van der Waals surface area contributed by atoms with Crippen LogP contribution in [-0.2, 0) is 11.2 Å². The van der Waals surface area contributed by atoms with Crippen molar-refractivity contribution in [2.75, 3.05) is 6.54 Å². The molecule has 1 unspecified atom stereocenters. The number of rotatable bonds is 3. The van der Waals surface area contributed by atoms with E-state index in [1.165, 1.54) is 0 Å². The van der Waals surface area contributed by atoms with Gasteiger partial charge in [0, 0.05) is 24.6 Å². The SMILES string of the molecule is O=C(Cc1cnc[nH]1)N1CCCC1c1ccccn1. The van der Waals surface area contributed by atoms with Crippen molar-refractivity contribution in [1.29, 1.82) is 0 Å². The maximum absolute atomic E-state index is 12.3. The molecular formula is C14H16N4O. The lowest BCUT2D eigenvalue weighted by Gasteiger charge is -2.24. The highest BCUT2D eigenvalue weighted by Crippen LogP contribution is 2.30. The van der Waals surface area contributed by atoms with Crippen LogP contribution < -0.4 is 0 Å². The van der Waals surface area contributed by atoms with Crippen LogP contribution in [0, 0.1) is 0 Å². The lowest BCUT2D eigenvalue weighted by molar-refractivity contribution is -0.131. The Hall–Kier alpha value is -2.17. The number of aromatic nitrogens is 3. The summed E-state index contributed by atoms with van der Waals surface area (Å²) in [5, 5.41) is 0. The van der Waals surface area contributed by atoms with Gasteiger partial charge in [-0.15, -0.1) is 0 Å². The summed E-state index contributed by atoms with van der Waals surface area (Å²) < 4.78 is 0. The fraction of sp³-hybridized carbons (Fsp3) is 0.357. The Kier molecular flexibility index (Phi) is 3.27. The number of hydrogen-bond acceptors (Lipinski definition) is 3. The summed E-state index contributed by atoms with van der Waals surface area (Å²) in [6.45, 7) is 0.814. The second-order valence-corrected chi connectivity index (χ2v) is 4.75. The maximum atomic E-state index is 12.3. The van der Waals surface area contributed by atoms with Gasteiger partial charge >= 0.3 is 0 Å². The molecule has 5 nitrogen and oxygen atoms in total. The Morgan fingerprint density at radius 1 is 1.47 bits per heavy atom. The first-order valence-electron chi connectivity index (χ1n) is 6.52. The van der Waals surface area contributed by atoms with Crippen molar-refractivity contribution in [1.82, 2.24) is 19.9 Å². The van der Waals surface area contributed by atoms with Gasteiger partial charge in [0.25, 0.3) is 0 Å². The molecule has 1 fully saturated rings. The molecule has 1 aliphatic rings. The highest BCUT2D eigenvalue weighted by molar-refractivity contribution is 5.79. The molecule has 3 rings (SSSR count). The van der Waals surface area contributed by atoms with Crippen molar-refractivity contribution in [2.45, 2.75) is 25.3 Å². The number of nitrogens with zero attached hydrogens (tertiary/aromatic N) is 3. The monoisotopic (exact) mass is 256 g/mol. The molecule has 5 heteroatoms. The summed E-state index contributed by atoms with van der Waals surface area (Å²) in [5.74, 6) is 0.136. The lowest BCUT2D eigenvalue weighted by atomic mass is 10.1. The second kappa shape index (κ2) is 5.22. The minimum absolute atomic E-state index is 0.122. The summed E-state index contributed by atoms with van der Waals surface area (Å²) >= 11 is 0. The molecule has 0 spiro atoms. The number of nitrogens with one attached hydrogen (secondary N) is 1. The number of aromatic amines is 1. The molecule has 0 radical (unpaired) electrons. The molecule has 2 aromatic heterocycles. The Labute approximate surface area is 111 Å². The Morgan fingerprint density at radius 3 is 3.16 bits per heavy atom. The molecule has 0 bridgehead atoms. The molecule has 19 heavy (non-hydrogen) atoms. The number of carbonyl (C=O) groups excluding carboxylic acids is 1. The molecule has 1 atom stereocenters. The number of imidazole rings is 1. The predicted molar refractivity (Wildman–Crippen MR) is 70.2 cm³/mol. The topological polar surface area (TPSA) is 61.9 Å². The van der Waals surface area contributed by atoms with Crippen molar-refractivity contribution >= 4 is 5.91 Å². The molecule has 1 saturated heterocycles.